The molecule has 20 heavy (non-hydrogen) atoms. The van der Waals surface area contributed by atoms with Crippen molar-refractivity contribution in [3.63, 3.8) is 0 Å². The van der Waals surface area contributed by atoms with Gasteiger partial charge >= 0.3 is 0 Å². The van der Waals surface area contributed by atoms with E-state index in [-0.39, 0.29) is 11.6 Å². The van der Waals surface area contributed by atoms with Gasteiger partial charge in [0.25, 0.3) is 0 Å². The number of nitrogens with zero attached hydrogens (tertiary/aromatic N) is 2. The van der Waals surface area contributed by atoms with Crippen LogP contribution >= 0.6 is 0 Å². The van der Waals surface area contributed by atoms with Gasteiger partial charge in [0.1, 0.15) is 5.75 Å². The van der Waals surface area contributed by atoms with Crippen LogP contribution < -0.4 is 10.1 Å². The Bertz CT molecular complexity index is 408. The van der Waals surface area contributed by atoms with E-state index in [2.05, 4.69) is 56.1 Å². The number of likely N-dealkylation sites (N-methyl/N-ethyl adjacent to an activating group) is 2. The molecule has 2 atom stereocenters. The Balaban J connectivity index is 3.05. The van der Waals surface area contributed by atoms with Crippen LogP contribution in [-0.4, -0.2) is 43.2 Å². The molecule has 0 saturated heterocycles. The molecule has 1 aromatic heterocycles. The van der Waals surface area contributed by atoms with E-state index in [1.807, 2.05) is 13.2 Å². The first-order chi connectivity index (χ1) is 9.49. The fourth-order valence-corrected chi connectivity index (χ4v) is 2.51. The standard InChI is InChI=1S/C16H29N3O/c1-7-9-20-14-10-13(11-18-12-14)15(17-4)16(3,8-2)19(5)6/h10-12,15,17H,7-9H2,1-6H3. The molecule has 1 aromatic rings. The van der Waals surface area contributed by atoms with Gasteiger partial charge in [0.15, 0.2) is 0 Å². The molecule has 4 nitrogen and oxygen atoms in total. The minimum absolute atomic E-state index is 0.0276. The highest BCUT2D eigenvalue weighted by Gasteiger charge is 2.35. The van der Waals surface area contributed by atoms with E-state index in [0.29, 0.717) is 0 Å². The molecule has 0 aromatic carbocycles. The highest BCUT2D eigenvalue weighted by Crippen LogP contribution is 2.33. The highest BCUT2D eigenvalue weighted by molar-refractivity contribution is 5.28. The number of ether oxygens (including phenoxy) is 1. The Kier molecular flexibility index (Phi) is 6.43. The lowest BCUT2D eigenvalue weighted by atomic mass is 9.84. The largest absolute Gasteiger partial charge is 0.492 e. The van der Waals surface area contributed by atoms with E-state index in [9.17, 15) is 0 Å². The molecule has 1 rings (SSSR count). The SMILES string of the molecule is CCCOc1cncc(C(NC)C(C)(CC)N(C)C)c1. The molecule has 0 amide bonds. The van der Waals surface area contributed by atoms with Crippen molar-refractivity contribution in [1.29, 1.82) is 0 Å². The lowest BCUT2D eigenvalue weighted by molar-refractivity contribution is 0.116. The third-order valence-corrected chi connectivity index (χ3v) is 4.19. The monoisotopic (exact) mass is 279 g/mol. The van der Waals surface area contributed by atoms with E-state index >= 15 is 0 Å². The second-order valence-corrected chi connectivity index (χ2v) is 5.63. The first-order valence-corrected chi connectivity index (χ1v) is 7.42. The first kappa shape index (κ1) is 16.9. The van der Waals surface area contributed by atoms with E-state index in [1.54, 1.807) is 6.20 Å². The molecular formula is C16H29N3O. The van der Waals surface area contributed by atoms with Crippen LogP contribution in [-0.2, 0) is 0 Å². The van der Waals surface area contributed by atoms with Crippen molar-refractivity contribution in [2.45, 2.75) is 45.2 Å². The molecule has 0 spiro atoms. The lowest BCUT2D eigenvalue weighted by Gasteiger charge is -2.42. The van der Waals surface area contributed by atoms with Gasteiger partial charge in [0, 0.05) is 11.7 Å². The fraction of sp³-hybridized carbons (Fsp3) is 0.688. The summed E-state index contributed by atoms with van der Waals surface area (Å²) in [6, 6.07) is 2.31. The van der Waals surface area contributed by atoms with E-state index < -0.39 is 0 Å². The van der Waals surface area contributed by atoms with Crippen LogP contribution in [0, 0.1) is 0 Å². The van der Waals surface area contributed by atoms with Gasteiger partial charge in [0.05, 0.1) is 18.8 Å². The highest BCUT2D eigenvalue weighted by atomic mass is 16.5. The Labute approximate surface area is 123 Å². The average molecular weight is 279 g/mol. The molecule has 0 aliphatic carbocycles. The van der Waals surface area contributed by atoms with Crippen LogP contribution in [0.5, 0.6) is 5.75 Å². The Morgan fingerprint density at radius 1 is 1.35 bits per heavy atom. The molecule has 4 heteroatoms. The summed E-state index contributed by atoms with van der Waals surface area (Å²) in [7, 11) is 6.25. The molecule has 0 aliphatic rings. The molecule has 1 N–H and O–H groups in total. The van der Waals surface area contributed by atoms with Crippen molar-refractivity contribution >= 4 is 0 Å². The van der Waals surface area contributed by atoms with Gasteiger partial charge in [-0.3, -0.25) is 4.98 Å². The van der Waals surface area contributed by atoms with Gasteiger partial charge in [-0.2, -0.15) is 0 Å². The van der Waals surface area contributed by atoms with Gasteiger partial charge in [-0.15, -0.1) is 0 Å². The lowest BCUT2D eigenvalue weighted by Crippen LogP contribution is -2.50. The predicted octanol–water partition coefficient (Wildman–Crippen LogP) is 2.86. The summed E-state index contributed by atoms with van der Waals surface area (Å²) in [5.74, 6) is 0.849. The van der Waals surface area contributed by atoms with Crippen molar-refractivity contribution in [2.24, 2.45) is 0 Å². The van der Waals surface area contributed by atoms with Crippen molar-refractivity contribution in [3.8, 4) is 5.75 Å². The molecule has 114 valence electrons. The van der Waals surface area contributed by atoms with Crippen molar-refractivity contribution in [3.05, 3.63) is 24.0 Å². The quantitative estimate of drug-likeness (QED) is 0.794. The zero-order chi connectivity index (χ0) is 15.2. The second-order valence-electron chi connectivity index (χ2n) is 5.63. The first-order valence-electron chi connectivity index (χ1n) is 7.42. The maximum Gasteiger partial charge on any atom is 0.137 e. The van der Waals surface area contributed by atoms with Gasteiger partial charge in [-0.05, 0) is 52.5 Å². The van der Waals surface area contributed by atoms with Crippen molar-refractivity contribution in [1.82, 2.24) is 15.2 Å². The number of aromatic nitrogens is 1. The molecule has 0 fully saturated rings. The molecule has 0 radical (unpaired) electrons. The number of hydrogen-bond donors (Lipinski definition) is 1. The molecule has 0 saturated carbocycles. The number of hydrogen-bond acceptors (Lipinski definition) is 4. The van der Waals surface area contributed by atoms with Crippen molar-refractivity contribution < 1.29 is 4.74 Å². The van der Waals surface area contributed by atoms with Crippen molar-refractivity contribution in [2.75, 3.05) is 27.7 Å². The normalized spacial score (nSPS) is 15.9. The van der Waals surface area contributed by atoms with E-state index in [1.165, 1.54) is 5.56 Å². The topological polar surface area (TPSA) is 37.4 Å². The minimum Gasteiger partial charge on any atom is -0.492 e. The number of rotatable bonds is 8. The molecule has 0 aliphatic heterocycles. The van der Waals surface area contributed by atoms with Crippen LogP contribution in [0.15, 0.2) is 18.5 Å². The Morgan fingerprint density at radius 2 is 2.05 bits per heavy atom. The number of pyridine rings is 1. The molecular weight excluding hydrogens is 250 g/mol. The summed E-state index contributed by atoms with van der Waals surface area (Å²) in [6.45, 7) is 7.32. The molecule has 0 bridgehead atoms. The van der Waals surface area contributed by atoms with Crippen LogP contribution in [0.2, 0.25) is 0 Å². The summed E-state index contributed by atoms with van der Waals surface area (Å²) in [5.41, 5.74) is 1.19. The van der Waals surface area contributed by atoms with Gasteiger partial charge in [-0.1, -0.05) is 13.8 Å². The van der Waals surface area contributed by atoms with Crippen LogP contribution in [0.3, 0.4) is 0 Å². The third kappa shape index (κ3) is 3.70. The summed E-state index contributed by atoms with van der Waals surface area (Å²) < 4.78 is 5.69. The summed E-state index contributed by atoms with van der Waals surface area (Å²) in [5, 5.41) is 3.44. The summed E-state index contributed by atoms with van der Waals surface area (Å²) in [6.07, 6.45) is 5.76. The third-order valence-electron chi connectivity index (χ3n) is 4.19. The van der Waals surface area contributed by atoms with E-state index in [4.69, 9.17) is 4.74 Å². The van der Waals surface area contributed by atoms with Gasteiger partial charge in [0.2, 0.25) is 0 Å². The average Bonchev–Trinajstić information content (AvgIpc) is 2.45. The zero-order valence-corrected chi connectivity index (χ0v) is 13.7. The number of nitrogens with one attached hydrogen (secondary N) is 1. The van der Waals surface area contributed by atoms with Crippen LogP contribution in [0.4, 0.5) is 0 Å². The summed E-state index contributed by atoms with van der Waals surface area (Å²) >= 11 is 0. The predicted molar refractivity (Wildman–Crippen MR) is 84.2 cm³/mol. The molecule has 2 unspecified atom stereocenters. The van der Waals surface area contributed by atoms with Crippen LogP contribution in [0.1, 0.15) is 45.2 Å². The summed E-state index contributed by atoms with van der Waals surface area (Å²) in [4.78, 5) is 6.60. The van der Waals surface area contributed by atoms with Crippen LogP contribution in [0.25, 0.3) is 0 Å². The maximum absolute atomic E-state index is 5.69. The maximum atomic E-state index is 5.69. The molecule has 1 heterocycles. The zero-order valence-electron chi connectivity index (χ0n) is 13.7. The smallest absolute Gasteiger partial charge is 0.137 e. The van der Waals surface area contributed by atoms with Gasteiger partial charge < -0.3 is 15.0 Å². The second kappa shape index (κ2) is 7.60. The van der Waals surface area contributed by atoms with Gasteiger partial charge in [-0.25, -0.2) is 0 Å². The fourth-order valence-electron chi connectivity index (χ4n) is 2.51. The van der Waals surface area contributed by atoms with E-state index in [0.717, 1.165) is 25.2 Å². The Morgan fingerprint density at radius 3 is 2.55 bits per heavy atom. The Hall–Kier alpha value is -1.13. The minimum atomic E-state index is 0.0276.